The number of amides is 1. The van der Waals surface area contributed by atoms with Gasteiger partial charge >= 0.3 is 0 Å². The van der Waals surface area contributed by atoms with Crippen molar-refractivity contribution in [2.75, 3.05) is 24.5 Å². The zero-order valence-corrected chi connectivity index (χ0v) is 15.1. The Labute approximate surface area is 154 Å². The van der Waals surface area contributed by atoms with Gasteiger partial charge in [-0.3, -0.25) is 14.8 Å². The van der Waals surface area contributed by atoms with Crippen LogP contribution >= 0.6 is 0 Å². The van der Waals surface area contributed by atoms with Crippen LogP contribution in [0, 0.1) is 0 Å². The summed E-state index contributed by atoms with van der Waals surface area (Å²) in [5.41, 5.74) is 1.97. The van der Waals surface area contributed by atoms with Gasteiger partial charge in [-0.25, -0.2) is 0 Å². The lowest BCUT2D eigenvalue weighted by atomic mass is 10.2. The van der Waals surface area contributed by atoms with Gasteiger partial charge in [-0.2, -0.15) is 0 Å². The third-order valence-electron chi connectivity index (χ3n) is 4.24. The topological polar surface area (TPSA) is 69.6 Å². The van der Waals surface area contributed by atoms with Gasteiger partial charge in [-0.05, 0) is 31.2 Å². The van der Waals surface area contributed by atoms with Crippen LogP contribution in [0.5, 0.6) is 0 Å². The molecule has 0 aliphatic carbocycles. The number of aliphatic imine (C=N–C) groups is 1. The van der Waals surface area contributed by atoms with Crippen molar-refractivity contribution in [1.29, 1.82) is 0 Å². The smallest absolute Gasteiger partial charge is 0.229 e. The minimum atomic E-state index is 0.0513. The van der Waals surface area contributed by atoms with Crippen LogP contribution in [0.15, 0.2) is 59.7 Å². The van der Waals surface area contributed by atoms with Crippen molar-refractivity contribution in [2.45, 2.75) is 25.8 Å². The van der Waals surface area contributed by atoms with E-state index in [0.717, 1.165) is 30.3 Å². The van der Waals surface area contributed by atoms with Crippen LogP contribution in [0.1, 0.15) is 19.0 Å². The lowest BCUT2D eigenvalue weighted by Crippen LogP contribution is -2.44. The molecule has 1 aliphatic rings. The first-order valence-corrected chi connectivity index (χ1v) is 9.06. The number of nitrogens with one attached hydrogen (secondary N) is 2. The molecule has 0 saturated carbocycles. The number of hydrogen-bond donors (Lipinski definition) is 2. The van der Waals surface area contributed by atoms with E-state index in [-0.39, 0.29) is 11.9 Å². The first-order valence-electron chi connectivity index (χ1n) is 9.06. The number of rotatable bonds is 6. The number of anilines is 1. The van der Waals surface area contributed by atoms with E-state index in [9.17, 15) is 4.79 Å². The molecule has 1 saturated heterocycles. The highest BCUT2D eigenvalue weighted by molar-refractivity contribution is 5.97. The fourth-order valence-electron chi connectivity index (χ4n) is 3.00. The highest BCUT2D eigenvalue weighted by atomic mass is 16.2. The average Bonchev–Trinajstić information content (AvgIpc) is 3.03. The van der Waals surface area contributed by atoms with E-state index in [1.54, 1.807) is 6.20 Å². The van der Waals surface area contributed by atoms with Gasteiger partial charge in [0.05, 0.1) is 6.04 Å². The van der Waals surface area contributed by atoms with Crippen molar-refractivity contribution in [3.05, 3.63) is 60.4 Å². The summed E-state index contributed by atoms with van der Waals surface area (Å²) in [5.74, 6) is 0.883. The van der Waals surface area contributed by atoms with Crippen LogP contribution in [0.2, 0.25) is 0 Å². The number of carbonyl (C=O) groups excluding carboxylic acids is 1. The molecule has 1 aromatic carbocycles. The Morgan fingerprint density at radius 2 is 2.04 bits per heavy atom. The van der Waals surface area contributed by atoms with E-state index in [4.69, 9.17) is 0 Å². The van der Waals surface area contributed by atoms with Gasteiger partial charge in [0.25, 0.3) is 0 Å². The molecule has 2 N–H and O–H groups in total. The molecule has 1 atom stereocenters. The Hall–Kier alpha value is -2.89. The molecule has 6 heteroatoms. The number of hydrogen-bond acceptors (Lipinski definition) is 3. The van der Waals surface area contributed by atoms with Crippen LogP contribution in [0.4, 0.5) is 5.69 Å². The zero-order chi connectivity index (χ0) is 18.2. The summed E-state index contributed by atoms with van der Waals surface area (Å²) in [5, 5.41) is 6.64. The second-order valence-corrected chi connectivity index (χ2v) is 6.22. The maximum absolute atomic E-state index is 12.3. The minimum Gasteiger partial charge on any atom is -0.357 e. The van der Waals surface area contributed by atoms with Gasteiger partial charge in [0.15, 0.2) is 5.96 Å². The van der Waals surface area contributed by atoms with Crippen LogP contribution in [-0.2, 0) is 11.2 Å². The Morgan fingerprint density at radius 3 is 2.77 bits per heavy atom. The van der Waals surface area contributed by atoms with Crippen molar-refractivity contribution in [3.63, 3.8) is 0 Å². The molecule has 26 heavy (non-hydrogen) atoms. The van der Waals surface area contributed by atoms with Crippen molar-refractivity contribution in [2.24, 2.45) is 4.99 Å². The normalized spacial score (nSPS) is 17.4. The summed E-state index contributed by atoms with van der Waals surface area (Å²) < 4.78 is 0. The maximum atomic E-state index is 12.3. The van der Waals surface area contributed by atoms with Crippen molar-refractivity contribution in [3.8, 4) is 0 Å². The first-order chi connectivity index (χ1) is 12.8. The van der Waals surface area contributed by atoms with Crippen molar-refractivity contribution in [1.82, 2.24) is 15.6 Å². The maximum Gasteiger partial charge on any atom is 0.229 e. The van der Waals surface area contributed by atoms with Crippen LogP contribution in [-0.4, -0.2) is 42.5 Å². The van der Waals surface area contributed by atoms with Crippen LogP contribution in [0.3, 0.4) is 0 Å². The van der Waals surface area contributed by atoms with Crippen molar-refractivity contribution >= 4 is 17.6 Å². The number of aromatic nitrogens is 1. The highest BCUT2D eigenvalue weighted by Crippen LogP contribution is 2.20. The van der Waals surface area contributed by atoms with E-state index >= 15 is 0 Å². The molecule has 6 nitrogen and oxygen atoms in total. The minimum absolute atomic E-state index is 0.0513. The Morgan fingerprint density at radius 1 is 1.23 bits per heavy atom. The van der Waals surface area contributed by atoms with E-state index in [0.29, 0.717) is 19.5 Å². The molecular formula is C20H25N5O. The number of nitrogens with zero attached hydrogens (tertiary/aromatic N) is 3. The molecule has 136 valence electrons. The van der Waals surface area contributed by atoms with E-state index in [2.05, 4.69) is 20.6 Å². The second-order valence-electron chi connectivity index (χ2n) is 6.22. The molecule has 1 aromatic heterocycles. The molecule has 2 aromatic rings. The van der Waals surface area contributed by atoms with E-state index < -0.39 is 0 Å². The number of carbonyl (C=O) groups is 1. The summed E-state index contributed by atoms with van der Waals surface area (Å²) in [7, 11) is 0. The summed E-state index contributed by atoms with van der Waals surface area (Å²) in [6.45, 7) is 4.10. The van der Waals surface area contributed by atoms with Crippen molar-refractivity contribution < 1.29 is 4.79 Å². The van der Waals surface area contributed by atoms with Crippen LogP contribution < -0.4 is 15.5 Å². The Bertz CT molecular complexity index is 732. The summed E-state index contributed by atoms with van der Waals surface area (Å²) in [4.78, 5) is 23.1. The largest absolute Gasteiger partial charge is 0.357 e. The fraction of sp³-hybridized carbons (Fsp3) is 0.350. The molecular weight excluding hydrogens is 326 g/mol. The molecule has 1 amide bonds. The third kappa shape index (κ3) is 4.81. The van der Waals surface area contributed by atoms with Gasteiger partial charge in [0.2, 0.25) is 5.91 Å². The third-order valence-corrected chi connectivity index (χ3v) is 4.24. The number of para-hydroxylation sites is 1. The van der Waals surface area contributed by atoms with Gasteiger partial charge < -0.3 is 15.5 Å². The quantitative estimate of drug-likeness (QED) is 0.617. The molecule has 3 rings (SSSR count). The summed E-state index contributed by atoms with van der Waals surface area (Å²) >= 11 is 0. The lowest BCUT2D eigenvalue weighted by Gasteiger charge is -2.19. The van der Waals surface area contributed by atoms with Gasteiger partial charge in [-0.15, -0.1) is 0 Å². The second kappa shape index (κ2) is 8.99. The number of pyridine rings is 1. The Balaban J connectivity index is 1.57. The monoisotopic (exact) mass is 351 g/mol. The SMILES string of the molecule is CCNC(=NCCc1ccccn1)NC1CC(=O)N(c2ccccc2)C1. The molecule has 1 fully saturated rings. The number of guanidine groups is 1. The molecule has 2 heterocycles. The molecule has 0 bridgehead atoms. The molecule has 1 aliphatic heterocycles. The number of benzene rings is 1. The van der Waals surface area contributed by atoms with E-state index in [1.165, 1.54) is 0 Å². The summed E-state index contributed by atoms with van der Waals surface area (Å²) in [6.07, 6.45) is 3.06. The van der Waals surface area contributed by atoms with Crippen LogP contribution in [0.25, 0.3) is 0 Å². The Kier molecular flexibility index (Phi) is 6.19. The van der Waals surface area contributed by atoms with Gasteiger partial charge in [0, 0.05) is 50.1 Å². The highest BCUT2D eigenvalue weighted by Gasteiger charge is 2.30. The van der Waals surface area contributed by atoms with E-state index in [1.807, 2.05) is 60.4 Å². The predicted molar refractivity (Wildman–Crippen MR) is 104 cm³/mol. The molecule has 0 radical (unpaired) electrons. The predicted octanol–water partition coefficient (Wildman–Crippen LogP) is 1.98. The molecule has 0 spiro atoms. The lowest BCUT2D eigenvalue weighted by molar-refractivity contribution is -0.117. The fourth-order valence-corrected chi connectivity index (χ4v) is 3.00. The van der Waals surface area contributed by atoms with Gasteiger partial charge in [-0.1, -0.05) is 24.3 Å². The van der Waals surface area contributed by atoms with Gasteiger partial charge in [0.1, 0.15) is 0 Å². The summed E-state index contributed by atoms with van der Waals surface area (Å²) in [6, 6.07) is 15.7. The molecule has 1 unspecified atom stereocenters. The first kappa shape index (κ1) is 17.9. The zero-order valence-electron chi connectivity index (χ0n) is 15.1. The standard InChI is InChI=1S/C20H25N5O/c1-2-21-20(23-13-11-16-8-6-7-12-22-16)24-17-14-19(26)25(15-17)18-9-4-3-5-10-18/h3-10,12,17H,2,11,13-15H2,1H3,(H2,21,23,24). The average molecular weight is 351 g/mol.